The maximum absolute atomic E-state index is 12.7. The predicted octanol–water partition coefficient (Wildman–Crippen LogP) is 12.5. The lowest BCUT2D eigenvalue weighted by Gasteiger charge is -2.31. The molecule has 8 heteroatoms. The van der Waals surface area contributed by atoms with E-state index in [1.54, 1.807) is 0 Å². The van der Waals surface area contributed by atoms with Crippen LogP contribution in [-0.4, -0.2) is 80.6 Å². The Hall–Kier alpha value is -3.49. The standard InChI is InChI=1S/C50H83NO7/c1-6-8-10-12-14-16-18-19-20-21-22-23-24-25-26-27-28-29-31-33-35-37-39-41-49(53)58-46(44-56-43-42-47(50(54)55)51(3,4)5)45-57-48(52)40-38-36-34-32-30-17-15-13-11-9-7-2/h8,10,13-17,19-20,22-23,25-26,30,46-47H,6-7,9,11-12,18,21,24,27-29,31-45H2,1-5H3/p+1/b10-8+,15-13+,16-14+,20-19+,23-22+,26-25+,30-17+. The topological polar surface area (TPSA) is 99.1 Å². The molecule has 8 nitrogen and oxygen atoms in total. The third-order valence-corrected chi connectivity index (χ3v) is 9.56. The van der Waals surface area contributed by atoms with Gasteiger partial charge in [0, 0.05) is 19.3 Å². The van der Waals surface area contributed by atoms with Gasteiger partial charge in [0.05, 0.1) is 34.4 Å². The van der Waals surface area contributed by atoms with E-state index in [2.05, 4.69) is 98.9 Å². The third kappa shape index (κ3) is 38.1. The molecular weight excluding hydrogens is 727 g/mol. The van der Waals surface area contributed by atoms with Crippen LogP contribution in [0.1, 0.15) is 162 Å². The number of carboxylic acid groups (broad SMARTS) is 1. The second kappa shape index (κ2) is 40.3. The predicted molar refractivity (Wildman–Crippen MR) is 243 cm³/mol. The average molecular weight is 811 g/mol. The van der Waals surface area contributed by atoms with Crippen LogP contribution in [0.25, 0.3) is 0 Å². The van der Waals surface area contributed by atoms with Crippen LogP contribution in [0.4, 0.5) is 0 Å². The summed E-state index contributed by atoms with van der Waals surface area (Å²) in [7, 11) is 5.50. The van der Waals surface area contributed by atoms with Gasteiger partial charge in [-0.1, -0.05) is 150 Å². The molecular formula is C50H84NO7+. The van der Waals surface area contributed by atoms with Crippen LogP contribution in [0.5, 0.6) is 0 Å². The van der Waals surface area contributed by atoms with E-state index in [0.29, 0.717) is 19.3 Å². The number of aliphatic carboxylic acids is 1. The number of rotatable bonds is 39. The van der Waals surface area contributed by atoms with E-state index >= 15 is 0 Å². The highest BCUT2D eigenvalue weighted by Gasteiger charge is 2.31. The second-order valence-electron chi connectivity index (χ2n) is 15.9. The van der Waals surface area contributed by atoms with Gasteiger partial charge >= 0.3 is 17.9 Å². The molecule has 0 bridgehead atoms. The largest absolute Gasteiger partial charge is 0.477 e. The van der Waals surface area contributed by atoms with E-state index in [9.17, 15) is 19.5 Å². The van der Waals surface area contributed by atoms with E-state index < -0.39 is 18.1 Å². The van der Waals surface area contributed by atoms with Crippen molar-refractivity contribution in [2.75, 3.05) is 41.0 Å². The Morgan fingerprint density at radius 1 is 0.552 bits per heavy atom. The van der Waals surface area contributed by atoms with Gasteiger partial charge in [-0.2, -0.15) is 0 Å². The van der Waals surface area contributed by atoms with Crippen molar-refractivity contribution in [3.05, 3.63) is 85.1 Å². The summed E-state index contributed by atoms with van der Waals surface area (Å²) in [5.74, 6) is -1.53. The molecule has 0 spiro atoms. The van der Waals surface area contributed by atoms with Gasteiger partial charge in [-0.25, -0.2) is 4.79 Å². The summed E-state index contributed by atoms with van der Waals surface area (Å²) in [5.41, 5.74) is 0. The van der Waals surface area contributed by atoms with E-state index in [4.69, 9.17) is 14.2 Å². The molecule has 2 unspecified atom stereocenters. The van der Waals surface area contributed by atoms with E-state index in [0.717, 1.165) is 96.3 Å². The zero-order chi connectivity index (χ0) is 42.8. The Morgan fingerprint density at radius 2 is 1.02 bits per heavy atom. The van der Waals surface area contributed by atoms with Crippen molar-refractivity contribution in [2.24, 2.45) is 0 Å². The van der Waals surface area contributed by atoms with Crippen molar-refractivity contribution in [3.8, 4) is 0 Å². The maximum atomic E-state index is 12.7. The number of carboxylic acids is 1. The van der Waals surface area contributed by atoms with Crippen molar-refractivity contribution in [3.63, 3.8) is 0 Å². The number of esters is 2. The van der Waals surface area contributed by atoms with Crippen molar-refractivity contribution in [2.45, 2.75) is 174 Å². The van der Waals surface area contributed by atoms with Crippen molar-refractivity contribution < 1.29 is 38.2 Å². The molecule has 0 aliphatic carbocycles. The Bertz CT molecular complexity index is 1220. The lowest BCUT2D eigenvalue weighted by Crippen LogP contribution is -2.50. The van der Waals surface area contributed by atoms with Crippen LogP contribution in [0.3, 0.4) is 0 Å². The van der Waals surface area contributed by atoms with Crippen LogP contribution < -0.4 is 0 Å². The van der Waals surface area contributed by atoms with Gasteiger partial charge in [-0.05, 0) is 77.0 Å². The third-order valence-electron chi connectivity index (χ3n) is 9.56. The van der Waals surface area contributed by atoms with Gasteiger partial charge in [0.25, 0.3) is 0 Å². The fraction of sp³-hybridized carbons (Fsp3) is 0.660. The van der Waals surface area contributed by atoms with Gasteiger partial charge in [0.2, 0.25) is 0 Å². The first kappa shape index (κ1) is 54.5. The van der Waals surface area contributed by atoms with E-state index in [-0.39, 0.29) is 36.2 Å². The molecule has 0 aliphatic rings. The van der Waals surface area contributed by atoms with Gasteiger partial charge in [-0.3, -0.25) is 9.59 Å². The first-order chi connectivity index (χ1) is 28.1. The lowest BCUT2D eigenvalue weighted by molar-refractivity contribution is -0.887. The zero-order valence-corrected chi connectivity index (χ0v) is 37.5. The van der Waals surface area contributed by atoms with Crippen molar-refractivity contribution in [1.29, 1.82) is 0 Å². The summed E-state index contributed by atoms with van der Waals surface area (Å²) in [6, 6.07) is -0.625. The molecule has 0 aromatic carbocycles. The molecule has 0 amide bonds. The fourth-order valence-corrected chi connectivity index (χ4v) is 6.03. The minimum atomic E-state index is -0.885. The monoisotopic (exact) mass is 811 g/mol. The summed E-state index contributed by atoms with van der Waals surface area (Å²) in [6.45, 7) is 4.51. The van der Waals surface area contributed by atoms with Crippen molar-refractivity contribution >= 4 is 17.9 Å². The Labute approximate surface area is 354 Å². The Morgan fingerprint density at radius 3 is 1.55 bits per heavy atom. The Kier molecular flexibility index (Phi) is 37.9. The normalized spacial score (nSPS) is 13.7. The smallest absolute Gasteiger partial charge is 0.362 e. The first-order valence-electron chi connectivity index (χ1n) is 22.6. The number of hydrogen-bond acceptors (Lipinski definition) is 6. The van der Waals surface area contributed by atoms with Crippen LogP contribution >= 0.6 is 0 Å². The SMILES string of the molecule is CC/C=C/C/C=C/C/C=C/C/C=C/C/C=C/CCCCCCCCCC(=O)OC(COCCC(C(=O)O)[N+](C)(C)C)COC(=O)CCCCC/C=C/C=C/CCCC. The molecule has 0 aliphatic heterocycles. The molecule has 2 atom stereocenters. The minimum absolute atomic E-state index is 0.0430. The van der Waals surface area contributed by atoms with Gasteiger partial charge in [0.15, 0.2) is 12.1 Å². The van der Waals surface area contributed by atoms with Gasteiger partial charge in [-0.15, -0.1) is 0 Å². The molecule has 0 saturated heterocycles. The molecule has 0 heterocycles. The Balaban J connectivity index is 4.33. The molecule has 0 saturated carbocycles. The van der Waals surface area contributed by atoms with Crippen LogP contribution in [0, 0.1) is 0 Å². The molecule has 0 rings (SSSR count). The molecule has 0 radical (unpaired) electrons. The minimum Gasteiger partial charge on any atom is -0.477 e. The number of carbonyl (C=O) groups excluding carboxylic acids is 2. The fourth-order valence-electron chi connectivity index (χ4n) is 6.03. The highest BCUT2D eigenvalue weighted by molar-refractivity contribution is 5.72. The van der Waals surface area contributed by atoms with Crippen LogP contribution in [0.2, 0.25) is 0 Å². The molecule has 0 aromatic rings. The molecule has 58 heavy (non-hydrogen) atoms. The van der Waals surface area contributed by atoms with Gasteiger partial charge in [0.1, 0.15) is 6.61 Å². The highest BCUT2D eigenvalue weighted by atomic mass is 16.6. The highest BCUT2D eigenvalue weighted by Crippen LogP contribution is 2.13. The number of hydrogen-bond donors (Lipinski definition) is 1. The van der Waals surface area contributed by atoms with Crippen molar-refractivity contribution in [1.82, 2.24) is 0 Å². The number of allylic oxidation sites excluding steroid dienone is 14. The lowest BCUT2D eigenvalue weighted by atomic mass is 10.1. The van der Waals surface area contributed by atoms with E-state index in [1.165, 1.54) is 32.1 Å². The van der Waals surface area contributed by atoms with E-state index in [1.807, 2.05) is 21.1 Å². The zero-order valence-electron chi connectivity index (χ0n) is 37.5. The van der Waals surface area contributed by atoms with Gasteiger partial charge < -0.3 is 23.8 Å². The number of quaternary nitrogens is 1. The summed E-state index contributed by atoms with van der Waals surface area (Å²) < 4.78 is 17.2. The number of ether oxygens (including phenoxy) is 3. The number of likely N-dealkylation sites (N-methyl/N-ethyl adjacent to an activating group) is 1. The maximum Gasteiger partial charge on any atom is 0.362 e. The molecule has 1 N–H and O–H groups in total. The molecule has 330 valence electrons. The summed E-state index contributed by atoms with van der Waals surface area (Å²) in [4.78, 5) is 36.9. The summed E-state index contributed by atoms with van der Waals surface area (Å²) >= 11 is 0. The second-order valence-corrected chi connectivity index (χ2v) is 15.9. The summed E-state index contributed by atoms with van der Waals surface area (Å²) in [6.07, 6.45) is 52.0. The number of unbranched alkanes of at least 4 members (excludes halogenated alkanes) is 12. The average Bonchev–Trinajstić information content (AvgIpc) is 3.18. The number of carbonyl (C=O) groups is 3. The molecule has 0 fully saturated rings. The molecule has 0 aromatic heterocycles. The quantitative estimate of drug-likeness (QED) is 0.0217. The number of nitrogens with zero attached hydrogens (tertiary/aromatic N) is 1. The van der Waals surface area contributed by atoms with Crippen LogP contribution in [0.15, 0.2) is 85.1 Å². The van der Waals surface area contributed by atoms with Crippen LogP contribution in [-0.2, 0) is 28.6 Å². The summed E-state index contributed by atoms with van der Waals surface area (Å²) in [5, 5.41) is 9.62. The first-order valence-corrected chi connectivity index (χ1v) is 22.6.